The van der Waals surface area contributed by atoms with E-state index < -0.39 is 10.8 Å². The van der Waals surface area contributed by atoms with Crippen LogP contribution in [0.5, 0.6) is 11.5 Å². The lowest BCUT2D eigenvalue weighted by Crippen LogP contribution is -2.18. The summed E-state index contributed by atoms with van der Waals surface area (Å²) in [5.74, 6) is 0.182. The molecule has 3 aromatic rings. The number of hydrogen-bond donors (Lipinski definition) is 1. The average Bonchev–Trinajstić information content (AvgIpc) is 2.78. The van der Waals surface area contributed by atoms with Crippen LogP contribution in [0.15, 0.2) is 77.9 Å². The maximum absolute atomic E-state index is 12.4. The van der Waals surface area contributed by atoms with Crippen molar-refractivity contribution in [2.45, 2.75) is 6.61 Å². The van der Waals surface area contributed by atoms with Crippen molar-refractivity contribution >= 4 is 17.8 Å². The fraction of sp³-hybridized carbons (Fsp3) is 0.0909. The van der Waals surface area contributed by atoms with Gasteiger partial charge in [0, 0.05) is 17.7 Å². The fourth-order valence-electron chi connectivity index (χ4n) is 2.66. The molecule has 0 aliphatic carbocycles. The van der Waals surface area contributed by atoms with E-state index in [1.165, 1.54) is 25.5 Å². The van der Waals surface area contributed by atoms with Gasteiger partial charge in [-0.05, 0) is 23.8 Å². The van der Waals surface area contributed by atoms with E-state index >= 15 is 0 Å². The molecule has 0 saturated carbocycles. The zero-order valence-corrected chi connectivity index (χ0v) is 16.1. The van der Waals surface area contributed by atoms with Crippen LogP contribution in [0.1, 0.15) is 21.5 Å². The summed E-state index contributed by atoms with van der Waals surface area (Å²) < 4.78 is 10.9. The van der Waals surface area contributed by atoms with E-state index in [9.17, 15) is 14.9 Å². The smallest absolute Gasteiger partial charge is 0.275 e. The number of benzene rings is 3. The largest absolute Gasteiger partial charge is 0.496 e. The third kappa shape index (κ3) is 5.20. The van der Waals surface area contributed by atoms with Gasteiger partial charge in [0.2, 0.25) is 0 Å². The summed E-state index contributed by atoms with van der Waals surface area (Å²) in [4.78, 5) is 22.8. The van der Waals surface area contributed by atoms with Crippen molar-refractivity contribution in [1.82, 2.24) is 5.43 Å². The molecule has 1 N–H and O–H groups in total. The molecule has 0 aliphatic heterocycles. The summed E-state index contributed by atoms with van der Waals surface area (Å²) in [6.07, 6.45) is 1.45. The Hall–Kier alpha value is -4.20. The number of para-hydroxylation sites is 1. The first-order valence-electron chi connectivity index (χ1n) is 9.00. The molecule has 0 saturated heterocycles. The van der Waals surface area contributed by atoms with Gasteiger partial charge in [-0.25, -0.2) is 5.43 Å². The minimum absolute atomic E-state index is 0.0115. The van der Waals surface area contributed by atoms with E-state index in [2.05, 4.69) is 10.5 Å². The molecule has 0 radical (unpaired) electrons. The number of methoxy groups -OCH3 is 1. The molecule has 0 unspecified atom stereocenters. The van der Waals surface area contributed by atoms with E-state index in [0.717, 1.165) is 11.6 Å². The van der Waals surface area contributed by atoms with Crippen LogP contribution in [0.4, 0.5) is 5.69 Å². The topological polar surface area (TPSA) is 103 Å². The molecule has 0 aromatic heterocycles. The van der Waals surface area contributed by atoms with Gasteiger partial charge in [-0.3, -0.25) is 14.9 Å². The number of hydrogen-bond acceptors (Lipinski definition) is 6. The fourth-order valence-corrected chi connectivity index (χ4v) is 2.66. The number of nitro groups is 1. The first-order chi connectivity index (χ1) is 14.6. The van der Waals surface area contributed by atoms with Crippen LogP contribution in [-0.4, -0.2) is 24.2 Å². The molecule has 3 aromatic carbocycles. The third-order valence-corrected chi connectivity index (χ3v) is 4.16. The molecule has 0 bridgehead atoms. The van der Waals surface area contributed by atoms with Gasteiger partial charge in [0.05, 0.1) is 23.8 Å². The van der Waals surface area contributed by atoms with Gasteiger partial charge in [-0.15, -0.1) is 0 Å². The predicted octanol–water partition coefficient (Wildman–Crippen LogP) is 3.95. The number of carbonyl (C=O) groups is 1. The standard InChI is InChI=1S/C22H19N3O5/c1-29-21-12-11-18(25(27)28)13-19(21)22(26)24-23-14-17-9-5-6-10-20(17)30-15-16-7-3-2-4-8-16/h2-14H,15H2,1H3,(H,24,26)/b23-14-. The summed E-state index contributed by atoms with van der Waals surface area (Å²) >= 11 is 0. The Morgan fingerprint density at radius 3 is 2.53 bits per heavy atom. The SMILES string of the molecule is COc1ccc([N+](=O)[O-])cc1C(=O)N/N=C\c1ccccc1OCc1ccccc1. The molecule has 152 valence electrons. The lowest BCUT2D eigenvalue weighted by molar-refractivity contribution is -0.384. The maximum Gasteiger partial charge on any atom is 0.275 e. The van der Waals surface area contributed by atoms with Crippen LogP contribution in [0.3, 0.4) is 0 Å². The molecule has 0 atom stereocenters. The first-order valence-corrected chi connectivity index (χ1v) is 9.00. The minimum atomic E-state index is -0.630. The summed E-state index contributed by atoms with van der Waals surface area (Å²) in [6, 6.07) is 20.7. The molecule has 1 amide bonds. The second-order valence-corrected chi connectivity index (χ2v) is 6.15. The Morgan fingerprint density at radius 2 is 1.80 bits per heavy atom. The van der Waals surface area contributed by atoms with Gasteiger partial charge in [0.15, 0.2) is 0 Å². The lowest BCUT2D eigenvalue weighted by atomic mass is 10.1. The Bertz CT molecular complexity index is 1070. The molecular formula is C22H19N3O5. The van der Waals surface area contributed by atoms with E-state index in [1.54, 1.807) is 12.1 Å². The summed E-state index contributed by atoms with van der Waals surface area (Å²) in [5.41, 5.74) is 3.85. The second kappa shape index (κ2) is 9.83. The number of nitro benzene ring substituents is 1. The molecule has 0 heterocycles. The minimum Gasteiger partial charge on any atom is -0.496 e. The van der Waals surface area contributed by atoms with Crippen molar-refractivity contribution in [3.63, 3.8) is 0 Å². The van der Waals surface area contributed by atoms with E-state index in [1.807, 2.05) is 42.5 Å². The Balaban J connectivity index is 1.70. The summed E-state index contributed by atoms with van der Waals surface area (Å²) in [6.45, 7) is 0.392. The normalized spacial score (nSPS) is 10.6. The van der Waals surface area contributed by atoms with Gasteiger partial charge >= 0.3 is 0 Å². The number of nitrogens with one attached hydrogen (secondary N) is 1. The van der Waals surface area contributed by atoms with Crippen LogP contribution < -0.4 is 14.9 Å². The molecule has 0 spiro atoms. The van der Waals surface area contributed by atoms with Gasteiger partial charge in [-0.2, -0.15) is 5.10 Å². The zero-order valence-electron chi connectivity index (χ0n) is 16.1. The van der Waals surface area contributed by atoms with Crippen molar-refractivity contribution in [1.29, 1.82) is 0 Å². The van der Waals surface area contributed by atoms with Crippen LogP contribution in [-0.2, 0) is 6.61 Å². The van der Waals surface area contributed by atoms with Crippen LogP contribution in [0, 0.1) is 10.1 Å². The van der Waals surface area contributed by atoms with Crippen LogP contribution in [0.25, 0.3) is 0 Å². The van der Waals surface area contributed by atoms with Crippen molar-refractivity contribution in [2.24, 2.45) is 5.10 Å². The molecule has 8 nitrogen and oxygen atoms in total. The van der Waals surface area contributed by atoms with E-state index in [4.69, 9.17) is 9.47 Å². The molecule has 3 rings (SSSR count). The third-order valence-electron chi connectivity index (χ3n) is 4.16. The second-order valence-electron chi connectivity index (χ2n) is 6.15. The van der Waals surface area contributed by atoms with Crippen LogP contribution in [0.2, 0.25) is 0 Å². The number of ether oxygens (including phenoxy) is 2. The van der Waals surface area contributed by atoms with Gasteiger partial charge in [0.1, 0.15) is 18.1 Å². The molecule has 0 fully saturated rings. The highest BCUT2D eigenvalue weighted by Gasteiger charge is 2.17. The highest BCUT2D eigenvalue weighted by Crippen LogP contribution is 2.24. The Kier molecular flexibility index (Phi) is 6.73. The van der Waals surface area contributed by atoms with E-state index in [-0.39, 0.29) is 17.0 Å². The number of carbonyl (C=O) groups excluding carboxylic acids is 1. The number of nitrogens with zero attached hydrogens (tertiary/aromatic N) is 2. The summed E-state index contributed by atoms with van der Waals surface area (Å²) in [5, 5.41) is 14.9. The highest BCUT2D eigenvalue weighted by atomic mass is 16.6. The van der Waals surface area contributed by atoms with Crippen molar-refractivity contribution < 1.29 is 19.2 Å². The quantitative estimate of drug-likeness (QED) is 0.347. The highest BCUT2D eigenvalue weighted by molar-refractivity contribution is 5.98. The van der Waals surface area contributed by atoms with Crippen LogP contribution >= 0.6 is 0 Å². The Morgan fingerprint density at radius 1 is 1.07 bits per heavy atom. The van der Waals surface area contributed by atoms with E-state index in [0.29, 0.717) is 17.9 Å². The maximum atomic E-state index is 12.4. The summed E-state index contributed by atoms with van der Waals surface area (Å²) in [7, 11) is 1.38. The van der Waals surface area contributed by atoms with Gasteiger partial charge in [-0.1, -0.05) is 42.5 Å². The van der Waals surface area contributed by atoms with Crippen molar-refractivity contribution in [3.05, 3.63) is 99.6 Å². The first kappa shape index (κ1) is 20.5. The number of amides is 1. The number of hydrazone groups is 1. The number of rotatable bonds is 8. The molecule has 30 heavy (non-hydrogen) atoms. The predicted molar refractivity (Wildman–Crippen MR) is 112 cm³/mol. The zero-order chi connectivity index (χ0) is 21.3. The van der Waals surface area contributed by atoms with Gasteiger partial charge < -0.3 is 9.47 Å². The van der Waals surface area contributed by atoms with Crippen molar-refractivity contribution in [2.75, 3.05) is 7.11 Å². The molecule has 0 aliphatic rings. The lowest BCUT2D eigenvalue weighted by Gasteiger charge is -2.09. The number of non-ortho nitro benzene ring substituents is 1. The monoisotopic (exact) mass is 405 g/mol. The molecular weight excluding hydrogens is 386 g/mol. The average molecular weight is 405 g/mol. The molecule has 8 heteroatoms. The van der Waals surface area contributed by atoms with Gasteiger partial charge in [0.25, 0.3) is 11.6 Å². The van der Waals surface area contributed by atoms with Crippen molar-refractivity contribution in [3.8, 4) is 11.5 Å². The Labute approximate surface area is 172 Å².